The first-order valence-electron chi connectivity index (χ1n) is 2.89. The molecule has 0 N–H and O–H groups in total. The molecule has 0 amide bonds. The minimum atomic E-state index is 0.0687. The zero-order valence-electron chi connectivity index (χ0n) is 5.04. The minimum absolute atomic E-state index is 0.0687. The molecule has 0 fully saturated rings. The Labute approximate surface area is 53.6 Å². The molecule has 0 unspecified atom stereocenters. The predicted octanol–water partition coefficient (Wildman–Crippen LogP) is 2.60. The van der Waals surface area contributed by atoms with Gasteiger partial charge in [-0.1, -0.05) is 19.1 Å². The molecule has 0 saturated heterocycles. The Morgan fingerprint density at radius 1 is 1.38 bits per heavy atom. The van der Waals surface area contributed by atoms with Gasteiger partial charge in [0.05, 0.1) is 0 Å². The zero-order valence-corrected chi connectivity index (χ0v) is 5.94. The van der Waals surface area contributed by atoms with E-state index in [9.17, 15) is 0 Å². The smallest absolute Gasteiger partial charge is 0.00355 e. The Kier molecular flexibility index (Phi) is 2.22. The quantitative estimate of drug-likeness (QED) is 0.541. The fraction of sp³-hybridized carbons (Fsp3) is 0.286. The highest BCUT2D eigenvalue weighted by Gasteiger charge is 1.94. The first kappa shape index (κ1) is 5.96. The minimum Gasteiger partial charge on any atom is -0.209 e. The van der Waals surface area contributed by atoms with Crippen LogP contribution in [0.4, 0.5) is 0 Å². The standard InChI is InChI=1S/C7H11S/c1-2-5-8-6-3-4-7-8/h3-8H,2H2,1H3. The third kappa shape index (κ3) is 1.41. The van der Waals surface area contributed by atoms with Crippen molar-refractivity contribution in [1.29, 1.82) is 0 Å². The lowest BCUT2D eigenvalue weighted by Crippen LogP contribution is -1.65. The van der Waals surface area contributed by atoms with Gasteiger partial charge in [0.25, 0.3) is 0 Å². The summed E-state index contributed by atoms with van der Waals surface area (Å²) in [4.78, 5) is 0. The molecule has 0 saturated carbocycles. The highest BCUT2D eigenvalue weighted by atomic mass is 32.2. The monoisotopic (exact) mass is 127 g/mol. The van der Waals surface area contributed by atoms with E-state index in [0.717, 1.165) is 0 Å². The number of thiol groups is 1. The molecule has 8 heavy (non-hydrogen) atoms. The molecule has 0 nitrogen and oxygen atoms in total. The molecular formula is C7H11S. The Bertz CT molecular complexity index is 102. The molecule has 1 aliphatic rings. The van der Waals surface area contributed by atoms with Gasteiger partial charge in [0.1, 0.15) is 0 Å². The molecule has 0 atom stereocenters. The van der Waals surface area contributed by atoms with E-state index in [2.05, 4.69) is 35.6 Å². The van der Waals surface area contributed by atoms with E-state index >= 15 is 0 Å². The summed E-state index contributed by atoms with van der Waals surface area (Å²) in [5.74, 6) is 2.36. The molecule has 0 aromatic heterocycles. The first-order chi connectivity index (χ1) is 3.93. The van der Waals surface area contributed by atoms with Crippen molar-refractivity contribution in [1.82, 2.24) is 0 Å². The van der Waals surface area contributed by atoms with Crippen LogP contribution >= 0.6 is 10.9 Å². The fourth-order valence-corrected chi connectivity index (χ4v) is 2.04. The maximum atomic E-state index is 2.36. The number of allylic oxidation sites excluding steroid dienone is 2. The van der Waals surface area contributed by atoms with E-state index in [1.807, 2.05) is 0 Å². The summed E-state index contributed by atoms with van der Waals surface area (Å²) in [6.45, 7) is 2.18. The summed E-state index contributed by atoms with van der Waals surface area (Å²) in [7, 11) is 0.0687. The molecule has 0 spiro atoms. The topological polar surface area (TPSA) is 0 Å². The fourth-order valence-electron chi connectivity index (χ4n) is 0.680. The van der Waals surface area contributed by atoms with E-state index in [4.69, 9.17) is 0 Å². The van der Waals surface area contributed by atoms with Crippen LogP contribution in [0.1, 0.15) is 13.3 Å². The zero-order chi connectivity index (χ0) is 5.82. The van der Waals surface area contributed by atoms with Crippen LogP contribution in [0.2, 0.25) is 0 Å². The summed E-state index contributed by atoms with van der Waals surface area (Å²) in [5.41, 5.74) is 0. The van der Waals surface area contributed by atoms with Crippen LogP contribution in [0.15, 0.2) is 23.0 Å². The second kappa shape index (κ2) is 2.98. The van der Waals surface area contributed by atoms with Gasteiger partial charge in [-0.05, 0) is 17.2 Å². The molecule has 1 heterocycles. The first-order valence-corrected chi connectivity index (χ1v) is 4.44. The maximum absolute atomic E-state index is 2.36. The average molecular weight is 127 g/mol. The number of hydrogen-bond acceptors (Lipinski definition) is 0. The molecule has 1 aliphatic heterocycles. The highest BCUT2D eigenvalue weighted by Crippen LogP contribution is 2.36. The van der Waals surface area contributed by atoms with Crippen molar-refractivity contribution in [2.75, 3.05) is 0 Å². The summed E-state index contributed by atoms with van der Waals surface area (Å²) in [6, 6.07) is 0. The molecule has 45 valence electrons. The SMILES string of the molecule is CC[CH][SH]1C=CC=C1. The van der Waals surface area contributed by atoms with Crippen molar-refractivity contribution in [2.24, 2.45) is 0 Å². The number of hydrogen-bond donors (Lipinski definition) is 1. The van der Waals surface area contributed by atoms with Crippen molar-refractivity contribution < 1.29 is 0 Å². The van der Waals surface area contributed by atoms with Gasteiger partial charge in [0.15, 0.2) is 0 Å². The van der Waals surface area contributed by atoms with E-state index in [1.54, 1.807) is 0 Å². The van der Waals surface area contributed by atoms with Crippen molar-refractivity contribution >= 4 is 10.9 Å². The maximum Gasteiger partial charge on any atom is 0.00355 e. The Hall–Kier alpha value is -0.170. The van der Waals surface area contributed by atoms with Gasteiger partial charge >= 0.3 is 0 Å². The van der Waals surface area contributed by atoms with E-state index in [0.29, 0.717) is 0 Å². The molecule has 0 aromatic carbocycles. The van der Waals surface area contributed by atoms with Gasteiger partial charge in [-0.25, -0.2) is 10.9 Å². The summed E-state index contributed by atoms with van der Waals surface area (Å²) < 4.78 is 0. The molecular weight excluding hydrogens is 116 g/mol. The summed E-state index contributed by atoms with van der Waals surface area (Å²) in [5, 5.41) is 4.53. The van der Waals surface area contributed by atoms with E-state index in [1.165, 1.54) is 6.42 Å². The number of rotatable bonds is 2. The molecule has 1 rings (SSSR count). The van der Waals surface area contributed by atoms with Crippen LogP contribution in [0.3, 0.4) is 0 Å². The van der Waals surface area contributed by atoms with E-state index < -0.39 is 0 Å². The lowest BCUT2D eigenvalue weighted by Gasteiger charge is -2.04. The third-order valence-corrected chi connectivity index (χ3v) is 2.84. The highest BCUT2D eigenvalue weighted by molar-refractivity contribution is 8.24. The molecule has 0 aromatic rings. The van der Waals surface area contributed by atoms with Crippen LogP contribution in [-0.2, 0) is 0 Å². The molecule has 1 radical (unpaired) electrons. The van der Waals surface area contributed by atoms with Crippen LogP contribution in [0.25, 0.3) is 0 Å². The predicted molar refractivity (Wildman–Crippen MR) is 41.9 cm³/mol. The van der Waals surface area contributed by atoms with Crippen molar-refractivity contribution in [2.45, 2.75) is 13.3 Å². The second-order valence-corrected chi connectivity index (χ2v) is 3.58. The lowest BCUT2D eigenvalue weighted by molar-refractivity contribution is 1.20. The van der Waals surface area contributed by atoms with Crippen LogP contribution in [0.5, 0.6) is 0 Å². The van der Waals surface area contributed by atoms with Gasteiger partial charge < -0.3 is 0 Å². The van der Waals surface area contributed by atoms with Gasteiger partial charge in [-0.3, -0.25) is 0 Å². The summed E-state index contributed by atoms with van der Waals surface area (Å²) in [6.07, 6.45) is 5.44. The Balaban J connectivity index is 2.27. The normalized spacial score (nSPS) is 20.4. The molecule has 1 heteroatoms. The average Bonchev–Trinajstić information content (AvgIpc) is 2.19. The van der Waals surface area contributed by atoms with E-state index in [-0.39, 0.29) is 10.9 Å². The largest absolute Gasteiger partial charge is 0.209 e. The van der Waals surface area contributed by atoms with Crippen molar-refractivity contribution in [3.8, 4) is 0 Å². The van der Waals surface area contributed by atoms with Gasteiger partial charge in [-0.2, -0.15) is 0 Å². The van der Waals surface area contributed by atoms with Crippen LogP contribution in [0, 0.1) is 5.75 Å². The van der Waals surface area contributed by atoms with Gasteiger partial charge in [-0.15, -0.1) is 0 Å². The molecule has 0 bridgehead atoms. The van der Waals surface area contributed by atoms with Crippen molar-refractivity contribution in [3.63, 3.8) is 0 Å². The van der Waals surface area contributed by atoms with Crippen LogP contribution < -0.4 is 0 Å². The summed E-state index contributed by atoms with van der Waals surface area (Å²) >= 11 is 0. The van der Waals surface area contributed by atoms with Gasteiger partial charge in [0.2, 0.25) is 0 Å². The second-order valence-electron chi connectivity index (χ2n) is 1.72. The van der Waals surface area contributed by atoms with Crippen molar-refractivity contribution in [3.05, 3.63) is 28.7 Å². The third-order valence-electron chi connectivity index (χ3n) is 1.02. The van der Waals surface area contributed by atoms with Gasteiger partial charge in [0, 0.05) is 5.75 Å². The Morgan fingerprint density at radius 2 is 2.00 bits per heavy atom. The Morgan fingerprint density at radius 3 is 2.50 bits per heavy atom. The lowest BCUT2D eigenvalue weighted by atomic mass is 10.6. The van der Waals surface area contributed by atoms with Crippen LogP contribution in [-0.4, -0.2) is 0 Å². The molecule has 0 aliphatic carbocycles.